The van der Waals surface area contributed by atoms with Crippen LogP contribution in [0.3, 0.4) is 0 Å². The maximum Gasteiger partial charge on any atom is 0.245 e. The molecule has 0 unspecified atom stereocenters. The molecule has 0 spiro atoms. The zero-order valence-electron chi connectivity index (χ0n) is 15.2. The molecule has 0 N–H and O–H groups in total. The van der Waals surface area contributed by atoms with Crippen molar-refractivity contribution in [1.82, 2.24) is 19.0 Å². The van der Waals surface area contributed by atoms with E-state index in [0.717, 1.165) is 49.6 Å². The Hall–Kier alpha value is -2.04. The number of amides is 1. The van der Waals surface area contributed by atoms with E-state index >= 15 is 0 Å². The van der Waals surface area contributed by atoms with Crippen molar-refractivity contribution < 1.29 is 4.79 Å². The number of hydrogen-bond donors (Lipinski definition) is 0. The van der Waals surface area contributed by atoms with Crippen LogP contribution in [-0.2, 0) is 11.2 Å². The second kappa shape index (κ2) is 6.83. The SMILES string of the molecule is CCc1nccn1[C@H]1CCCN(C(=O)[C@@H](C)n2c(C)ccc2C)C1. The highest BCUT2D eigenvalue weighted by Crippen LogP contribution is 2.26. The molecule has 1 aliphatic rings. The van der Waals surface area contributed by atoms with Gasteiger partial charge in [-0.1, -0.05) is 6.92 Å². The molecule has 3 rings (SSSR count). The highest BCUT2D eigenvalue weighted by Gasteiger charge is 2.29. The lowest BCUT2D eigenvalue weighted by Gasteiger charge is -2.36. The molecule has 1 aliphatic heterocycles. The van der Waals surface area contributed by atoms with Crippen LogP contribution in [0.5, 0.6) is 0 Å². The van der Waals surface area contributed by atoms with Crippen LogP contribution in [0, 0.1) is 13.8 Å². The van der Waals surface area contributed by atoms with Crippen molar-refractivity contribution in [2.24, 2.45) is 0 Å². The minimum Gasteiger partial charge on any atom is -0.339 e. The van der Waals surface area contributed by atoms with Gasteiger partial charge in [0.1, 0.15) is 11.9 Å². The predicted molar refractivity (Wildman–Crippen MR) is 95.1 cm³/mol. The summed E-state index contributed by atoms with van der Waals surface area (Å²) in [5, 5.41) is 0. The van der Waals surface area contributed by atoms with Gasteiger partial charge in [0.05, 0.1) is 6.04 Å². The molecule has 2 atom stereocenters. The molecule has 5 nitrogen and oxygen atoms in total. The van der Waals surface area contributed by atoms with Crippen LogP contribution in [0.1, 0.15) is 56.0 Å². The molecular weight excluding hydrogens is 300 g/mol. The maximum absolute atomic E-state index is 13.1. The van der Waals surface area contributed by atoms with Crippen LogP contribution >= 0.6 is 0 Å². The second-order valence-electron chi connectivity index (χ2n) is 6.85. The Morgan fingerprint density at radius 2 is 2.04 bits per heavy atom. The van der Waals surface area contributed by atoms with Crippen LogP contribution in [0.2, 0.25) is 0 Å². The van der Waals surface area contributed by atoms with Gasteiger partial charge in [0.2, 0.25) is 5.91 Å². The van der Waals surface area contributed by atoms with E-state index in [1.807, 2.05) is 18.0 Å². The Morgan fingerprint density at radius 1 is 1.33 bits per heavy atom. The van der Waals surface area contributed by atoms with E-state index in [9.17, 15) is 4.79 Å². The van der Waals surface area contributed by atoms with E-state index < -0.39 is 0 Å². The molecule has 1 amide bonds. The standard InChI is InChI=1S/C19H28N4O/c1-5-18-20-10-12-22(18)17-7-6-11-21(13-17)19(24)16(4)23-14(2)8-9-15(23)3/h8-10,12,16-17H,5-7,11,13H2,1-4H3/t16-,17+/m1/s1. The fraction of sp³-hybridized carbons (Fsp3) is 0.579. The van der Waals surface area contributed by atoms with Crippen LogP contribution in [0.15, 0.2) is 24.5 Å². The molecule has 0 bridgehead atoms. The summed E-state index contributed by atoms with van der Waals surface area (Å²) in [7, 11) is 0. The average molecular weight is 328 g/mol. The van der Waals surface area contributed by atoms with Gasteiger partial charge in [-0.05, 0) is 45.7 Å². The third-order valence-corrected chi connectivity index (χ3v) is 5.24. The molecule has 130 valence electrons. The van der Waals surface area contributed by atoms with Crippen LogP contribution in [0.25, 0.3) is 0 Å². The number of aromatic nitrogens is 3. The maximum atomic E-state index is 13.1. The van der Waals surface area contributed by atoms with E-state index in [-0.39, 0.29) is 11.9 Å². The van der Waals surface area contributed by atoms with Crippen molar-refractivity contribution in [3.63, 3.8) is 0 Å². The normalized spacial score (nSPS) is 19.5. The van der Waals surface area contributed by atoms with Crippen molar-refractivity contribution in [3.05, 3.63) is 41.7 Å². The number of carbonyl (C=O) groups excluding carboxylic acids is 1. The van der Waals surface area contributed by atoms with Crippen molar-refractivity contribution in [3.8, 4) is 0 Å². The minimum absolute atomic E-state index is 0.146. The molecule has 0 radical (unpaired) electrons. The highest BCUT2D eigenvalue weighted by molar-refractivity contribution is 5.80. The summed E-state index contributed by atoms with van der Waals surface area (Å²) in [5.41, 5.74) is 2.29. The Balaban J connectivity index is 1.76. The third-order valence-electron chi connectivity index (χ3n) is 5.24. The summed E-state index contributed by atoms with van der Waals surface area (Å²) < 4.78 is 4.40. The predicted octanol–water partition coefficient (Wildman–Crippen LogP) is 3.29. The zero-order valence-corrected chi connectivity index (χ0v) is 15.2. The van der Waals surface area contributed by atoms with Gasteiger partial charge >= 0.3 is 0 Å². The largest absolute Gasteiger partial charge is 0.339 e. The molecule has 0 aromatic carbocycles. The molecule has 2 aromatic heterocycles. The monoisotopic (exact) mass is 328 g/mol. The fourth-order valence-electron chi connectivity index (χ4n) is 4.00. The van der Waals surface area contributed by atoms with Crippen molar-refractivity contribution in [1.29, 1.82) is 0 Å². The van der Waals surface area contributed by atoms with Gasteiger partial charge in [0, 0.05) is 43.3 Å². The molecule has 5 heteroatoms. The van der Waals surface area contributed by atoms with Crippen molar-refractivity contribution in [2.45, 2.75) is 59.0 Å². The number of hydrogen-bond acceptors (Lipinski definition) is 2. The third kappa shape index (κ3) is 2.99. The Bertz CT molecular complexity index is 695. The number of rotatable bonds is 4. The van der Waals surface area contributed by atoms with E-state index in [1.165, 1.54) is 0 Å². The van der Waals surface area contributed by atoms with E-state index in [1.54, 1.807) is 0 Å². The lowest BCUT2D eigenvalue weighted by atomic mass is 10.0. The lowest BCUT2D eigenvalue weighted by Crippen LogP contribution is -2.44. The first-order chi connectivity index (χ1) is 11.5. The van der Waals surface area contributed by atoms with Gasteiger partial charge in [0.15, 0.2) is 0 Å². The first-order valence-electron chi connectivity index (χ1n) is 8.97. The topological polar surface area (TPSA) is 43.1 Å². The van der Waals surface area contributed by atoms with E-state index in [0.29, 0.717) is 6.04 Å². The van der Waals surface area contributed by atoms with Crippen LogP contribution in [-0.4, -0.2) is 38.0 Å². The Morgan fingerprint density at radius 3 is 2.71 bits per heavy atom. The number of piperidine rings is 1. The summed E-state index contributed by atoms with van der Waals surface area (Å²) in [6, 6.07) is 4.36. The number of aryl methyl sites for hydroxylation is 3. The Kier molecular flexibility index (Phi) is 4.78. The summed E-state index contributed by atoms with van der Waals surface area (Å²) in [4.78, 5) is 19.5. The van der Waals surface area contributed by atoms with Crippen LogP contribution in [0.4, 0.5) is 0 Å². The molecule has 3 heterocycles. The molecule has 2 aromatic rings. The first-order valence-corrected chi connectivity index (χ1v) is 8.97. The van der Waals surface area contributed by atoms with E-state index in [4.69, 9.17) is 0 Å². The summed E-state index contributed by atoms with van der Waals surface area (Å²) in [5.74, 6) is 1.33. The quantitative estimate of drug-likeness (QED) is 0.864. The number of carbonyl (C=O) groups is 1. The first kappa shape index (κ1) is 16.8. The second-order valence-corrected chi connectivity index (χ2v) is 6.85. The molecule has 1 saturated heterocycles. The molecular formula is C19H28N4O. The molecule has 1 fully saturated rings. The highest BCUT2D eigenvalue weighted by atomic mass is 16.2. The summed E-state index contributed by atoms with van der Waals surface area (Å²) >= 11 is 0. The fourth-order valence-corrected chi connectivity index (χ4v) is 4.00. The Labute approximate surface area is 144 Å². The molecule has 24 heavy (non-hydrogen) atoms. The summed E-state index contributed by atoms with van der Waals surface area (Å²) in [6.07, 6.45) is 7.02. The van der Waals surface area contributed by atoms with Crippen molar-refractivity contribution >= 4 is 5.91 Å². The summed E-state index contributed by atoms with van der Waals surface area (Å²) in [6.45, 7) is 9.91. The number of likely N-dealkylation sites (tertiary alicyclic amines) is 1. The zero-order chi connectivity index (χ0) is 17.3. The minimum atomic E-state index is -0.146. The van der Waals surface area contributed by atoms with Crippen LogP contribution < -0.4 is 0 Å². The molecule has 0 saturated carbocycles. The number of imidazole rings is 1. The van der Waals surface area contributed by atoms with Gasteiger partial charge in [-0.15, -0.1) is 0 Å². The van der Waals surface area contributed by atoms with Gasteiger partial charge < -0.3 is 14.0 Å². The smallest absolute Gasteiger partial charge is 0.245 e. The van der Waals surface area contributed by atoms with Gasteiger partial charge in [-0.25, -0.2) is 4.98 Å². The van der Waals surface area contributed by atoms with Gasteiger partial charge in [-0.3, -0.25) is 4.79 Å². The van der Waals surface area contributed by atoms with Crippen molar-refractivity contribution in [2.75, 3.05) is 13.1 Å². The van der Waals surface area contributed by atoms with E-state index in [2.05, 4.69) is 53.2 Å². The van der Waals surface area contributed by atoms with Gasteiger partial charge in [0.25, 0.3) is 0 Å². The number of nitrogens with zero attached hydrogens (tertiary/aromatic N) is 4. The average Bonchev–Trinajstić information content (AvgIpc) is 3.20. The molecule has 0 aliphatic carbocycles. The lowest BCUT2D eigenvalue weighted by molar-refractivity contribution is -0.136. The van der Waals surface area contributed by atoms with Gasteiger partial charge in [-0.2, -0.15) is 0 Å².